The molecule has 0 saturated heterocycles. The second-order valence-corrected chi connectivity index (χ2v) is 6.40. The molecule has 0 atom stereocenters. The van der Waals surface area contributed by atoms with Crippen molar-refractivity contribution in [1.29, 1.82) is 0 Å². The summed E-state index contributed by atoms with van der Waals surface area (Å²) in [4.78, 5) is 35.1. The average Bonchev–Trinajstić information content (AvgIpc) is 2.78. The summed E-state index contributed by atoms with van der Waals surface area (Å²) in [6, 6.07) is 9.60. The zero-order valence-electron chi connectivity index (χ0n) is 17.6. The number of amides is 2. The molecule has 0 bridgehead atoms. The lowest BCUT2D eigenvalue weighted by atomic mass is 10.1. The molecular formula is C21H25N3O7. The Hall–Kier alpha value is -3.82. The molecule has 2 N–H and O–H groups in total. The van der Waals surface area contributed by atoms with Crippen molar-refractivity contribution in [2.45, 2.75) is 12.8 Å². The van der Waals surface area contributed by atoms with Gasteiger partial charge in [0, 0.05) is 25.1 Å². The number of carbonyl (C=O) groups is 2. The molecule has 2 aromatic carbocycles. The first-order chi connectivity index (χ1) is 14.9. The highest BCUT2D eigenvalue weighted by molar-refractivity contribution is 5.97. The lowest BCUT2D eigenvalue weighted by molar-refractivity contribution is -0.385. The van der Waals surface area contributed by atoms with Gasteiger partial charge in [0.2, 0.25) is 5.91 Å². The third-order valence-electron chi connectivity index (χ3n) is 4.49. The van der Waals surface area contributed by atoms with Crippen LogP contribution in [0.5, 0.6) is 17.2 Å². The van der Waals surface area contributed by atoms with Gasteiger partial charge < -0.3 is 24.8 Å². The van der Waals surface area contributed by atoms with Crippen LogP contribution in [0.1, 0.15) is 22.3 Å². The molecular weight excluding hydrogens is 406 g/mol. The maximum Gasteiger partial charge on any atom is 0.276 e. The average molecular weight is 431 g/mol. The predicted molar refractivity (Wildman–Crippen MR) is 113 cm³/mol. The summed E-state index contributed by atoms with van der Waals surface area (Å²) >= 11 is 0. The number of carbonyl (C=O) groups excluding carboxylic acids is 2. The van der Waals surface area contributed by atoms with E-state index in [0.29, 0.717) is 22.6 Å². The Labute approximate surface area is 179 Å². The van der Waals surface area contributed by atoms with Crippen molar-refractivity contribution in [3.05, 3.63) is 57.6 Å². The van der Waals surface area contributed by atoms with Gasteiger partial charge in [-0.15, -0.1) is 0 Å². The standard InChI is InChI=1S/C21H25N3O7/c1-29-17-7-5-4-6-15(17)21(26)23-11-9-20(25)22-10-8-14-12-18(30-2)19(31-3)13-16(14)24(27)28/h4-7,12-13H,8-11H2,1-3H3,(H,22,25)(H,23,26). The number of methoxy groups -OCH3 is 3. The third kappa shape index (κ3) is 6.33. The van der Waals surface area contributed by atoms with Gasteiger partial charge in [-0.2, -0.15) is 0 Å². The molecule has 0 heterocycles. The number of nitro benzene ring substituents is 1. The van der Waals surface area contributed by atoms with Crippen molar-refractivity contribution in [3.8, 4) is 17.2 Å². The summed E-state index contributed by atoms with van der Waals surface area (Å²) in [5.74, 6) is 0.442. The van der Waals surface area contributed by atoms with E-state index >= 15 is 0 Å². The van der Waals surface area contributed by atoms with Crippen LogP contribution in [0.4, 0.5) is 5.69 Å². The molecule has 0 aromatic heterocycles. The Kier molecular flexibility index (Phi) is 8.62. The van der Waals surface area contributed by atoms with Crippen LogP contribution < -0.4 is 24.8 Å². The van der Waals surface area contributed by atoms with E-state index in [1.54, 1.807) is 24.3 Å². The molecule has 10 heteroatoms. The fourth-order valence-electron chi connectivity index (χ4n) is 2.92. The Morgan fingerprint density at radius 3 is 2.23 bits per heavy atom. The molecule has 0 aliphatic rings. The van der Waals surface area contributed by atoms with E-state index in [2.05, 4.69) is 10.6 Å². The summed E-state index contributed by atoms with van der Waals surface area (Å²) in [5.41, 5.74) is 0.676. The fourth-order valence-corrected chi connectivity index (χ4v) is 2.92. The summed E-state index contributed by atoms with van der Waals surface area (Å²) in [5, 5.41) is 16.7. The van der Waals surface area contributed by atoms with Gasteiger partial charge in [0.1, 0.15) is 5.75 Å². The summed E-state index contributed by atoms with van der Waals surface area (Å²) < 4.78 is 15.4. The van der Waals surface area contributed by atoms with Crippen LogP contribution in [0, 0.1) is 10.1 Å². The molecule has 31 heavy (non-hydrogen) atoms. The first-order valence-electron chi connectivity index (χ1n) is 9.48. The highest BCUT2D eigenvalue weighted by Crippen LogP contribution is 2.34. The molecule has 2 rings (SSSR count). The van der Waals surface area contributed by atoms with Crippen molar-refractivity contribution >= 4 is 17.5 Å². The van der Waals surface area contributed by atoms with E-state index in [-0.39, 0.29) is 49.2 Å². The third-order valence-corrected chi connectivity index (χ3v) is 4.49. The first kappa shape index (κ1) is 23.5. The van der Waals surface area contributed by atoms with Crippen molar-refractivity contribution in [2.24, 2.45) is 0 Å². The van der Waals surface area contributed by atoms with Crippen molar-refractivity contribution < 1.29 is 28.7 Å². The van der Waals surface area contributed by atoms with Crippen molar-refractivity contribution in [3.63, 3.8) is 0 Å². The predicted octanol–water partition coefficient (Wildman–Crippen LogP) is 2.10. The van der Waals surface area contributed by atoms with Crippen LogP contribution in [0.15, 0.2) is 36.4 Å². The maximum atomic E-state index is 12.2. The molecule has 0 fully saturated rings. The van der Waals surface area contributed by atoms with E-state index in [1.807, 2.05) is 0 Å². The molecule has 10 nitrogen and oxygen atoms in total. The minimum absolute atomic E-state index is 0.0644. The molecule has 0 aliphatic carbocycles. The summed E-state index contributed by atoms with van der Waals surface area (Å²) in [7, 11) is 4.31. The van der Waals surface area contributed by atoms with Gasteiger partial charge in [-0.3, -0.25) is 19.7 Å². The maximum absolute atomic E-state index is 12.2. The monoisotopic (exact) mass is 431 g/mol. The number of para-hydroxylation sites is 1. The smallest absolute Gasteiger partial charge is 0.276 e. The number of benzene rings is 2. The van der Waals surface area contributed by atoms with E-state index in [4.69, 9.17) is 14.2 Å². The number of hydrogen-bond acceptors (Lipinski definition) is 7. The topological polar surface area (TPSA) is 129 Å². The fraction of sp³-hybridized carbons (Fsp3) is 0.333. The first-order valence-corrected chi connectivity index (χ1v) is 9.48. The number of ether oxygens (including phenoxy) is 3. The number of rotatable bonds is 11. The highest BCUT2D eigenvalue weighted by Gasteiger charge is 2.19. The van der Waals surface area contributed by atoms with E-state index in [9.17, 15) is 19.7 Å². The normalized spacial score (nSPS) is 10.2. The zero-order chi connectivity index (χ0) is 22.8. The minimum atomic E-state index is -0.507. The van der Waals surface area contributed by atoms with E-state index < -0.39 is 4.92 Å². The molecule has 166 valence electrons. The Bertz CT molecular complexity index is 947. The largest absolute Gasteiger partial charge is 0.496 e. The Balaban J connectivity index is 1.85. The van der Waals surface area contributed by atoms with Crippen LogP contribution in [-0.2, 0) is 11.2 Å². The van der Waals surface area contributed by atoms with Gasteiger partial charge >= 0.3 is 0 Å². The van der Waals surface area contributed by atoms with Gasteiger partial charge in [0.05, 0.1) is 37.9 Å². The molecule has 0 radical (unpaired) electrons. The lowest BCUT2D eigenvalue weighted by Crippen LogP contribution is -2.31. The Morgan fingerprint density at radius 2 is 1.58 bits per heavy atom. The van der Waals surface area contributed by atoms with Gasteiger partial charge in [0.25, 0.3) is 11.6 Å². The van der Waals surface area contributed by atoms with Gasteiger partial charge in [0.15, 0.2) is 11.5 Å². The minimum Gasteiger partial charge on any atom is -0.496 e. The summed E-state index contributed by atoms with van der Waals surface area (Å²) in [6.07, 6.45) is 0.297. The SMILES string of the molecule is COc1cc(CCNC(=O)CCNC(=O)c2ccccc2OC)c([N+](=O)[O-])cc1OC. The van der Waals surface area contributed by atoms with E-state index in [1.165, 1.54) is 33.5 Å². The quantitative estimate of drug-likeness (QED) is 0.412. The van der Waals surface area contributed by atoms with Gasteiger partial charge in [-0.25, -0.2) is 0 Å². The number of hydrogen-bond donors (Lipinski definition) is 2. The highest BCUT2D eigenvalue weighted by atomic mass is 16.6. The van der Waals surface area contributed by atoms with Crippen LogP contribution in [0.25, 0.3) is 0 Å². The van der Waals surface area contributed by atoms with Crippen molar-refractivity contribution in [2.75, 3.05) is 34.4 Å². The second-order valence-electron chi connectivity index (χ2n) is 6.40. The van der Waals surface area contributed by atoms with Crippen LogP contribution >= 0.6 is 0 Å². The lowest BCUT2D eigenvalue weighted by Gasteiger charge is -2.11. The number of nitrogens with zero attached hydrogens (tertiary/aromatic N) is 1. The van der Waals surface area contributed by atoms with Crippen molar-refractivity contribution in [1.82, 2.24) is 10.6 Å². The van der Waals surface area contributed by atoms with Gasteiger partial charge in [-0.05, 0) is 24.6 Å². The Morgan fingerprint density at radius 1 is 0.935 bits per heavy atom. The molecule has 0 unspecified atom stereocenters. The van der Waals surface area contributed by atoms with E-state index in [0.717, 1.165) is 0 Å². The number of nitrogens with one attached hydrogen (secondary N) is 2. The van der Waals surface area contributed by atoms with Gasteiger partial charge in [-0.1, -0.05) is 12.1 Å². The molecule has 2 amide bonds. The van der Waals surface area contributed by atoms with Crippen LogP contribution in [0.2, 0.25) is 0 Å². The molecule has 0 aliphatic heterocycles. The zero-order valence-corrected chi connectivity index (χ0v) is 17.6. The van der Waals surface area contributed by atoms with Crippen LogP contribution in [-0.4, -0.2) is 51.2 Å². The number of nitro groups is 1. The van der Waals surface area contributed by atoms with Crippen LogP contribution in [0.3, 0.4) is 0 Å². The second kappa shape index (κ2) is 11.4. The summed E-state index contributed by atoms with van der Waals surface area (Å²) in [6.45, 7) is 0.328. The molecule has 0 spiro atoms. The molecule has 2 aromatic rings. The molecule has 0 saturated carbocycles.